The molecule has 0 saturated carbocycles. The van der Waals surface area contributed by atoms with Crippen molar-refractivity contribution < 1.29 is 18.3 Å². The standard InChI is InChI=1S/C14H12F3NO/c15-10-5-1-2-7-12(10)18-13(8-19)9-4-3-6-11(16)14(9)17/h1-7,13,18-19H,8H2. The number of hydrogen-bond acceptors (Lipinski definition) is 2. The van der Waals surface area contributed by atoms with Crippen LogP contribution in [-0.4, -0.2) is 11.7 Å². The smallest absolute Gasteiger partial charge is 0.164 e. The summed E-state index contributed by atoms with van der Waals surface area (Å²) in [5.41, 5.74) is 0.0657. The maximum atomic E-state index is 13.6. The third kappa shape index (κ3) is 2.88. The molecule has 0 aliphatic rings. The van der Waals surface area contributed by atoms with E-state index < -0.39 is 30.1 Å². The molecule has 0 aliphatic carbocycles. The number of benzene rings is 2. The lowest BCUT2D eigenvalue weighted by molar-refractivity contribution is 0.272. The molecule has 0 bridgehead atoms. The number of nitrogens with one attached hydrogen (secondary N) is 1. The summed E-state index contributed by atoms with van der Waals surface area (Å²) in [6.07, 6.45) is 0. The Hall–Kier alpha value is -2.01. The Kier molecular flexibility index (Phi) is 4.06. The van der Waals surface area contributed by atoms with E-state index in [2.05, 4.69) is 5.32 Å². The van der Waals surface area contributed by atoms with Gasteiger partial charge in [0.15, 0.2) is 11.6 Å². The molecule has 19 heavy (non-hydrogen) atoms. The largest absolute Gasteiger partial charge is 0.394 e. The van der Waals surface area contributed by atoms with Crippen molar-refractivity contribution >= 4 is 5.69 Å². The normalized spacial score (nSPS) is 12.2. The number of anilines is 1. The molecule has 0 spiro atoms. The molecule has 5 heteroatoms. The number of aliphatic hydroxyl groups excluding tert-OH is 1. The van der Waals surface area contributed by atoms with Gasteiger partial charge in [0.1, 0.15) is 5.82 Å². The van der Waals surface area contributed by atoms with Crippen LogP contribution in [0, 0.1) is 17.5 Å². The van der Waals surface area contributed by atoms with Crippen LogP contribution in [0.2, 0.25) is 0 Å². The molecule has 0 heterocycles. The molecule has 0 amide bonds. The van der Waals surface area contributed by atoms with Gasteiger partial charge < -0.3 is 10.4 Å². The lowest BCUT2D eigenvalue weighted by Gasteiger charge is -2.19. The fourth-order valence-electron chi connectivity index (χ4n) is 1.78. The molecule has 0 fully saturated rings. The van der Waals surface area contributed by atoms with E-state index in [0.717, 1.165) is 6.07 Å². The molecule has 100 valence electrons. The van der Waals surface area contributed by atoms with E-state index in [-0.39, 0.29) is 11.3 Å². The van der Waals surface area contributed by atoms with Crippen molar-refractivity contribution in [3.8, 4) is 0 Å². The molecule has 0 aromatic heterocycles. The number of halogens is 3. The van der Waals surface area contributed by atoms with Crippen LogP contribution in [0.1, 0.15) is 11.6 Å². The Labute approximate surface area is 108 Å². The molecule has 1 unspecified atom stereocenters. The topological polar surface area (TPSA) is 32.3 Å². The van der Waals surface area contributed by atoms with Crippen molar-refractivity contribution in [1.29, 1.82) is 0 Å². The van der Waals surface area contributed by atoms with Crippen LogP contribution in [0.3, 0.4) is 0 Å². The summed E-state index contributed by atoms with van der Waals surface area (Å²) in [5, 5.41) is 11.9. The third-order valence-electron chi connectivity index (χ3n) is 2.74. The highest BCUT2D eigenvalue weighted by Gasteiger charge is 2.18. The SMILES string of the molecule is OCC(Nc1ccccc1F)c1cccc(F)c1F. The van der Waals surface area contributed by atoms with Crippen LogP contribution in [0.4, 0.5) is 18.9 Å². The van der Waals surface area contributed by atoms with E-state index >= 15 is 0 Å². The van der Waals surface area contributed by atoms with Crippen molar-refractivity contribution in [2.45, 2.75) is 6.04 Å². The minimum atomic E-state index is -1.05. The van der Waals surface area contributed by atoms with Crippen LogP contribution >= 0.6 is 0 Å². The van der Waals surface area contributed by atoms with Gasteiger partial charge in [0.05, 0.1) is 18.3 Å². The van der Waals surface area contributed by atoms with Gasteiger partial charge in [-0.1, -0.05) is 24.3 Å². The first-order valence-corrected chi connectivity index (χ1v) is 5.69. The molecule has 2 aromatic rings. The molecule has 1 atom stereocenters. The first-order chi connectivity index (χ1) is 9.13. The summed E-state index contributed by atoms with van der Waals surface area (Å²) in [6.45, 7) is -0.491. The van der Waals surface area contributed by atoms with Crippen LogP contribution in [0.25, 0.3) is 0 Å². The quantitative estimate of drug-likeness (QED) is 0.891. The van der Waals surface area contributed by atoms with Gasteiger partial charge in [0.25, 0.3) is 0 Å². The summed E-state index contributed by atoms with van der Waals surface area (Å²) in [7, 11) is 0. The van der Waals surface area contributed by atoms with Gasteiger partial charge in [-0.2, -0.15) is 0 Å². The van der Waals surface area contributed by atoms with Crippen molar-refractivity contribution in [3.05, 3.63) is 65.5 Å². The summed E-state index contributed by atoms with van der Waals surface area (Å²) >= 11 is 0. The molecule has 2 rings (SSSR count). The van der Waals surface area contributed by atoms with Gasteiger partial charge >= 0.3 is 0 Å². The highest BCUT2D eigenvalue weighted by molar-refractivity contribution is 5.47. The van der Waals surface area contributed by atoms with Crippen molar-refractivity contribution in [2.75, 3.05) is 11.9 Å². The lowest BCUT2D eigenvalue weighted by atomic mass is 10.1. The van der Waals surface area contributed by atoms with Gasteiger partial charge in [-0.25, -0.2) is 13.2 Å². The summed E-state index contributed by atoms with van der Waals surface area (Å²) in [6, 6.07) is 8.53. The van der Waals surface area contributed by atoms with Crippen LogP contribution in [0.5, 0.6) is 0 Å². The van der Waals surface area contributed by atoms with E-state index in [9.17, 15) is 18.3 Å². The van der Waals surface area contributed by atoms with Gasteiger partial charge in [-0.15, -0.1) is 0 Å². The summed E-state index contributed by atoms with van der Waals surface area (Å²) in [4.78, 5) is 0. The Bertz CT molecular complexity index is 574. The molecular weight excluding hydrogens is 255 g/mol. The molecule has 0 radical (unpaired) electrons. The average molecular weight is 267 g/mol. The molecule has 0 saturated heterocycles. The number of rotatable bonds is 4. The molecule has 2 nitrogen and oxygen atoms in total. The fourth-order valence-corrected chi connectivity index (χ4v) is 1.78. The minimum absolute atomic E-state index is 0.0502. The van der Waals surface area contributed by atoms with Crippen molar-refractivity contribution in [2.24, 2.45) is 0 Å². The number of para-hydroxylation sites is 1. The highest BCUT2D eigenvalue weighted by atomic mass is 19.2. The number of hydrogen-bond donors (Lipinski definition) is 2. The third-order valence-corrected chi connectivity index (χ3v) is 2.74. The fraction of sp³-hybridized carbons (Fsp3) is 0.143. The molecule has 0 aliphatic heterocycles. The second kappa shape index (κ2) is 5.75. The van der Waals surface area contributed by atoms with Crippen molar-refractivity contribution in [3.63, 3.8) is 0 Å². The zero-order valence-corrected chi connectivity index (χ0v) is 9.91. The van der Waals surface area contributed by atoms with Gasteiger partial charge in [-0.3, -0.25) is 0 Å². The molecule has 2 N–H and O–H groups in total. The van der Waals surface area contributed by atoms with E-state index in [1.54, 1.807) is 6.07 Å². The van der Waals surface area contributed by atoms with Crippen LogP contribution in [0.15, 0.2) is 42.5 Å². The first kappa shape index (κ1) is 13.4. The molecular formula is C14H12F3NO. The van der Waals surface area contributed by atoms with Gasteiger partial charge in [0, 0.05) is 5.56 Å². The zero-order valence-electron chi connectivity index (χ0n) is 9.91. The summed E-state index contributed by atoms with van der Waals surface area (Å²) in [5.74, 6) is -2.59. The van der Waals surface area contributed by atoms with Gasteiger partial charge in [0.2, 0.25) is 0 Å². The van der Waals surface area contributed by atoms with Crippen LogP contribution < -0.4 is 5.32 Å². The maximum Gasteiger partial charge on any atom is 0.164 e. The van der Waals surface area contributed by atoms with E-state index in [1.807, 2.05) is 0 Å². The first-order valence-electron chi connectivity index (χ1n) is 5.69. The second-order valence-electron chi connectivity index (χ2n) is 4.00. The zero-order chi connectivity index (χ0) is 13.8. The van der Waals surface area contributed by atoms with E-state index in [1.165, 1.54) is 30.3 Å². The Morgan fingerprint density at radius 2 is 1.63 bits per heavy atom. The summed E-state index contributed by atoms with van der Waals surface area (Å²) < 4.78 is 40.2. The lowest BCUT2D eigenvalue weighted by Crippen LogP contribution is -2.17. The van der Waals surface area contributed by atoms with Crippen molar-refractivity contribution in [1.82, 2.24) is 0 Å². The van der Waals surface area contributed by atoms with E-state index in [4.69, 9.17) is 0 Å². The Morgan fingerprint density at radius 3 is 2.32 bits per heavy atom. The predicted molar refractivity (Wildman–Crippen MR) is 66.2 cm³/mol. The van der Waals surface area contributed by atoms with Gasteiger partial charge in [-0.05, 0) is 18.2 Å². The van der Waals surface area contributed by atoms with Crippen LogP contribution in [-0.2, 0) is 0 Å². The second-order valence-corrected chi connectivity index (χ2v) is 4.00. The highest BCUT2D eigenvalue weighted by Crippen LogP contribution is 2.24. The Balaban J connectivity index is 2.31. The monoisotopic (exact) mass is 267 g/mol. The number of aliphatic hydroxyl groups is 1. The minimum Gasteiger partial charge on any atom is -0.394 e. The molecule has 2 aromatic carbocycles. The maximum absolute atomic E-state index is 13.6. The average Bonchev–Trinajstić information content (AvgIpc) is 2.41. The van der Waals surface area contributed by atoms with E-state index in [0.29, 0.717) is 0 Å². The predicted octanol–water partition coefficient (Wildman–Crippen LogP) is 3.25. The Morgan fingerprint density at radius 1 is 0.947 bits per heavy atom.